The lowest BCUT2D eigenvalue weighted by Gasteiger charge is -2.42. The number of phenolic OH excluding ortho intramolecular Hbond substituents is 1. The van der Waals surface area contributed by atoms with Crippen molar-refractivity contribution in [2.45, 2.75) is 39.0 Å². The molecule has 0 radical (unpaired) electrons. The second-order valence-corrected chi connectivity index (χ2v) is 9.75. The fourth-order valence-electron chi connectivity index (χ4n) is 6.09. The van der Waals surface area contributed by atoms with E-state index in [2.05, 4.69) is 0 Å². The number of benzene rings is 1. The lowest BCUT2D eigenvalue weighted by molar-refractivity contribution is -0.142. The van der Waals surface area contributed by atoms with Crippen LogP contribution in [-0.4, -0.2) is 51.0 Å². The van der Waals surface area contributed by atoms with Crippen LogP contribution in [0, 0.1) is 24.7 Å². The number of aromatic hydroxyl groups is 1. The van der Waals surface area contributed by atoms with Crippen LogP contribution >= 0.6 is 0 Å². The summed E-state index contributed by atoms with van der Waals surface area (Å²) >= 11 is 0. The van der Waals surface area contributed by atoms with Crippen LogP contribution in [-0.2, 0) is 24.0 Å². The van der Waals surface area contributed by atoms with Crippen molar-refractivity contribution in [3.05, 3.63) is 63.8 Å². The number of fused-ring (bicyclic) bond motifs is 3. The molecule has 8 nitrogen and oxygen atoms in total. The predicted octanol–water partition coefficient (Wildman–Crippen LogP) is 2.60. The van der Waals surface area contributed by atoms with Gasteiger partial charge in [0.1, 0.15) is 5.75 Å². The SMILES string of the molecule is CC1=CC(=O)C2=C(C1=O)C(c1ccc(O)c(C)c1)C1=CCC3C(=O)N(CCC(=O)O)C(=O)C3C1C2. The molecule has 35 heavy (non-hydrogen) atoms. The maximum Gasteiger partial charge on any atom is 0.305 e. The maximum absolute atomic E-state index is 13.4. The predicted molar refractivity (Wildman–Crippen MR) is 123 cm³/mol. The van der Waals surface area contributed by atoms with Crippen LogP contribution in [0.5, 0.6) is 5.75 Å². The van der Waals surface area contributed by atoms with Gasteiger partial charge < -0.3 is 10.2 Å². The highest BCUT2D eigenvalue weighted by atomic mass is 16.4. The Hall–Kier alpha value is -3.81. The monoisotopic (exact) mass is 475 g/mol. The molecule has 180 valence electrons. The van der Waals surface area contributed by atoms with E-state index in [1.807, 2.05) is 6.08 Å². The van der Waals surface area contributed by atoms with E-state index in [9.17, 15) is 29.1 Å². The number of carbonyl (C=O) groups excluding carboxylic acids is 4. The number of phenols is 1. The second-order valence-electron chi connectivity index (χ2n) is 9.75. The van der Waals surface area contributed by atoms with E-state index in [0.717, 1.165) is 16.0 Å². The lowest BCUT2D eigenvalue weighted by Crippen LogP contribution is -2.40. The number of hydrogen-bond acceptors (Lipinski definition) is 6. The van der Waals surface area contributed by atoms with Crippen molar-refractivity contribution in [2.24, 2.45) is 17.8 Å². The Kier molecular flexibility index (Phi) is 5.34. The van der Waals surface area contributed by atoms with Gasteiger partial charge in [-0.05, 0) is 55.9 Å². The standard InChI is InChI=1S/C27H25NO7/c1-12-9-14(3-6-19(12)29)22-15-4-5-16-23(27(35)28(26(16)34)8-7-21(31)32)17(15)11-18-20(30)10-13(2)25(33)24(18)22/h3-4,6,9-10,16-17,22-23,29H,5,7-8,11H2,1-2H3,(H,31,32). The van der Waals surface area contributed by atoms with Crippen molar-refractivity contribution in [3.63, 3.8) is 0 Å². The normalized spacial score (nSPS) is 27.9. The molecule has 0 saturated carbocycles. The molecule has 1 saturated heterocycles. The van der Waals surface area contributed by atoms with Crippen molar-refractivity contribution < 1.29 is 34.2 Å². The fourth-order valence-corrected chi connectivity index (χ4v) is 6.09. The van der Waals surface area contributed by atoms with Crippen LogP contribution in [0.15, 0.2) is 52.6 Å². The molecule has 4 unspecified atom stereocenters. The van der Waals surface area contributed by atoms with E-state index in [1.165, 1.54) is 6.08 Å². The molecule has 3 aliphatic carbocycles. The van der Waals surface area contributed by atoms with Crippen molar-refractivity contribution in [1.29, 1.82) is 0 Å². The van der Waals surface area contributed by atoms with E-state index < -0.39 is 35.5 Å². The van der Waals surface area contributed by atoms with Crippen LogP contribution in [0.25, 0.3) is 0 Å². The van der Waals surface area contributed by atoms with Gasteiger partial charge in [0.25, 0.3) is 0 Å². The molecule has 0 aromatic heterocycles. The summed E-state index contributed by atoms with van der Waals surface area (Å²) in [5.41, 5.74) is 3.30. The number of aliphatic carboxylic acids is 1. The smallest absolute Gasteiger partial charge is 0.305 e. The summed E-state index contributed by atoms with van der Waals surface area (Å²) in [6, 6.07) is 5.06. The molecule has 4 aliphatic rings. The van der Waals surface area contributed by atoms with Crippen LogP contribution in [0.4, 0.5) is 0 Å². The average molecular weight is 475 g/mol. The molecule has 2 N–H and O–H groups in total. The van der Waals surface area contributed by atoms with E-state index in [1.54, 1.807) is 32.0 Å². The van der Waals surface area contributed by atoms with E-state index in [0.29, 0.717) is 28.7 Å². The summed E-state index contributed by atoms with van der Waals surface area (Å²) in [5, 5.41) is 19.1. The summed E-state index contributed by atoms with van der Waals surface area (Å²) in [7, 11) is 0. The highest BCUT2D eigenvalue weighted by Gasteiger charge is 2.56. The number of amides is 2. The molecule has 2 amide bonds. The second kappa shape index (κ2) is 8.15. The molecule has 1 aromatic carbocycles. The number of ketones is 2. The van der Waals surface area contributed by atoms with Gasteiger partial charge in [0.05, 0.1) is 18.3 Å². The Bertz CT molecular complexity index is 1310. The zero-order valence-corrected chi connectivity index (χ0v) is 19.4. The summed E-state index contributed by atoms with van der Waals surface area (Å²) in [6.45, 7) is 3.17. The summed E-state index contributed by atoms with van der Waals surface area (Å²) < 4.78 is 0. The summed E-state index contributed by atoms with van der Waals surface area (Å²) in [6.07, 6.45) is 3.40. The lowest BCUT2D eigenvalue weighted by atomic mass is 9.59. The number of allylic oxidation sites excluding steroid dienone is 6. The number of rotatable bonds is 4. The van der Waals surface area contributed by atoms with Gasteiger partial charge in [0, 0.05) is 29.2 Å². The van der Waals surface area contributed by atoms with Gasteiger partial charge in [-0.15, -0.1) is 0 Å². The summed E-state index contributed by atoms with van der Waals surface area (Å²) in [4.78, 5) is 64.9. The number of likely N-dealkylation sites (tertiary alicyclic amines) is 1. The molecule has 1 aromatic rings. The first-order valence-electron chi connectivity index (χ1n) is 11.7. The van der Waals surface area contributed by atoms with Crippen LogP contribution in [0.1, 0.15) is 43.2 Å². The van der Waals surface area contributed by atoms with Gasteiger partial charge in [-0.2, -0.15) is 0 Å². The molecular formula is C27H25NO7. The largest absolute Gasteiger partial charge is 0.508 e. The third-order valence-corrected chi connectivity index (χ3v) is 7.76. The van der Waals surface area contributed by atoms with Gasteiger partial charge in [-0.1, -0.05) is 23.8 Å². The Labute approximate surface area is 201 Å². The topological polar surface area (TPSA) is 129 Å². The molecule has 1 fully saturated rings. The molecule has 1 heterocycles. The number of hydrogen-bond donors (Lipinski definition) is 2. The van der Waals surface area contributed by atoms with Gasteiger partial charge in [-0.3, -0.25) is 28.9 Å². The molecule has 4 atom stereocenters. The minimum atomic E-state index is -1.09. The first kappa shape index (κ1) is 23.0. The number of carboxylic acids is 1. The van der Waals surface area contributed by atoms with E-state index >= 15 is 0 Å². The first-order valence-corrected chi connectivity index (χ1v) is 11.7. The zero-order chi connectivity index (χ0) is 25.2. The molecular weight excluding hydrogens is 450 g/mol. The summed E-state index contributed by atoms with van der Waals surface area (Å²) in [5.74, 6) is -4.60. The fraction of sp³-hybridized carbons (Fsp3) is 0.370. The van der Waals surface area contributed by atoms with Crippen LogP contribution in [0.2, 0.25) is 0 Å². The van der Waals surface area contributed by atoms with Gasteiger partial charge >= 0.3 is 5.97 Å². The minimum Gasteiger partial charge on any atom is -0.508 e. The Morgan fingerprint density at radius 3 is 2.51 bits per heavy atom. The first-order chi connectivity index (χ1) is 16.6. The third-order valence-electron chi connectivity index (χ3n) is 7.76. The highest BCUT2D eigenvalue weighted by Crippen LogP contribution is 2.55. The quantitative estimate of drug-likeness (QED) is 0.389. The maximum atomic E-state index is 13.4. The molecule has 0 spiro atoms. The van der Waals surface area contributed by atoms with Crippen molar-refractivity contribution in [2.75, 3.05) is 6.54 Å². The zero-order valence-electron chi connectivity index (χ0n) is 19.4. The number of imide groups is 1. The number of nitrogens with zero attached hydrogens (tertiary/aromatic N) is 1. The van der Waals surface area contributed by atoms with Gasteiger partial charge in [0.15, 0.2) is 11.6 Å². The van der Waals surface area contributed by atoms with Crippen molar-refractivity contribution in [1.82, 2.24) is 4.90 Å². The third kappa shape index (κ3) is 3.47. The molecule has 8 heteroatoms. The molecule has 1 aliphatic heterocycles. The van der Waals surface area contributed by atoms with Gasteiger partial charge in [-0.25, -0.2) is 0 Å². The van der Waals surface area contributed by atoms with Crippen LogP contribution in [0.3, 0.4) is 0 Å². The van der Waals surface area contributed by atoms with E-state index in [4.69, 9.17) is 5.11 Å². The Morgan fingerprint density at radius 1 is 1.09 bits per heavy atom. The Morgan fingerprint density at radius 2 is 1.83 bits per heavy atom. The highest BCUT2D eigenvalue weighted by molar-refractivity contribution is 6.23. The van der Waals surface area contributed by atoms with Gasteiger partial charge in [0.2, 0.25) is 11.8 Å². The van der Waals surface area contributed by atoms with E-state index in [-0.39, 0.29) is 42.6 Å². The molecule has 0 bridgehead atoms. The minimum absolute atomic E-state index is 0.112. The van der Waals surface area contributed by atoms with Crippen molar-refractivity contribution >= 4 is 29.4 Å². The molecule has 5 rings (SSSR count). The number of carbonyl (C=O) groups is 5. The Balaban J connectivity index is 1.63. The number of aryl methyl sites for hydroxylation is 1. The number of carboxylic acid groups (broad SMARTS) is 1. The average Bonchev–Trinajstić information content (AvgIpc) is 3.06. The number of Topliss-reactive ketones (excluding diaryl/α,β-unsaturated/α-hetero) is 1. The van der Waals surface area contributed by atoms with Crippen molar-refractivity contribution in [3.8, 4) is 5.75 Å². The van der Waals surface area contributed by atoms with Crippen LogP contribution < -0.4 is 0 Å².